The zero-order chi connectivity index (χ0) is 53.1. The maximum Gasteiger partial charge on any atom is 0.294 e. The SMILES string of the molecule is CCN1C(=CC=CC=CC2=[N+](CCCCCC(=O)NCCN3C(=O)CC(SC[C@@H](CC(=O)[C@@H](CCCN=C(N)N)NC(C)=O)C(N)=O)C3=O)c3ccc(S(=O)(=O)O)cc3C2(C)C)C(C)(C)c2cc(C)ccc21. The van der Waals surface area contributed by atoms with Crippen LogP contribution in [0.1, 0.15) is 110 Å². The fourth-order valence-corrected chi connectivity index (χ4v) is 11.4. The van der Waals surface area contributed by atoms with Gasteiger partial charge in [0.15, 0.2) is 17.5 Å². The summed E-state index contributed by atoms with van der Waals surface area (Å²) in [5.41, 5.74) is 23.1. The number of carbonyl (C=O) groups is 6. The van der Waals surface area contributed by atoms with Crippen LogP contribution in [-0.2, 0) is 49.7 Å². The Balaban J connectivity index is 1.13. The normalized spacial score (nSPS) is 18.5. The van der Waals surface area contributed by atoms with Gasteiger partial charge in [-0.25, -0.2) is 0 Å². The van der Waals surface area contributed by atoms with Gasteiger partial charge >= 0.3 is 0 Å². The van der Waals surface area contributed by atoms with Crippen LogP contribution in [0.5, 0.6) is 0 Å². The molecule has 1 unspecified atom stereocenters. The van der Waals surface area contributed by atoms with Crippen molar-refractivity contribution in [3.05, 3.63) is 89.2 Å². The summed E-state index contributed by atoms with van der Waals surface area (Å²) in [5, 5.41) is 4.60. The van der Waals surface area contributed by atoms with Gasteiger partial charge < -0.3 is 32.7 Å². The number of carbonyl (C=O) groups excluding carboxylic acids is 6. The molecule has 1 saturated heterocycles. The van der Waals surface area contributed by atoms with Crippen LogP contribution in [0.15, 0.2) is 82.4 Å². The Labute approximate surface area is 427 Å². The number of Topliss-reactive ketones (excluding diaryl/α,β-unsaturated/α-hetero) is 1. The van der Waals surface area contributed by atoms with E-state index in [0.717, 1.165) is 40.2 Å². The molecule has 0 saturated carbocycles. The summed E-state index contributed by atoms with van der Waals surface area (Å²) >= 11 is 1.06. The average Bonchev–Trinajstić information content (AvgIpc) is 3.78. The van der Waals surface area contributed by atoms with Gasteiger partial charge in [-0.2, -0.15) is 13.0 Å². The largest absolute Gasteiger partial charge is 0.370 e. The number of aliphatic imine (C=N–C) groups is 1. The van der Waals surface area contributed by atoms with Gasteiger partial charge in [0.25, 0.3) is 10.1 Å². The summed E-state index contributed by atoms with van der Waals surface area (Å²) < 4.78 is 36.4. The number of unbranched alkanes of at least 4 members (excludes halogenated alkanes) is 2. The van der Waals surface area contributed by atoms with Gasteiger partial charge in [0.1, 0.15) is 6.54 Å². The van der Waals surface area contributed by atoms with E-state index in [4.69, 9.17) is 17.2 Å². The Kier molecular flexibility index (Phi) is 19.4. The van der Waals surface area contributed by atoms with Crippen molar-refractivity contribution in [2.24, 2.45) is 28.1 Å². The third kappa shape index (κ3) is 14.1. The molecule has 2 aromatic rings. The third-order valence-corrected chi connectivity index (χ3v) is 15.7. The molecule has 3 aliphatic heterocycles. The van der Waals surface area contributed by atoms with E-state index in [1.165, 1.54) is 41.6 Å². The van der Waals surface area contributed by atoms with E-state index in [9.17, 15) is 41.7 Å². The highest BCUT2D eigenvalue weighted by Crippen LogP contribution is 2.48. The van der Waals surface area contributed by atoms with E-state index in [1.54, 1.807) is 6.07 Å². The summed E-state index contributed by atoms with van der Waals surface area (Å²) in [6.07, 6.45) is 12.7. The number of benzene rings is 2. The highest BCUT2D eigenvalue weighted by atomic mass is 32.2. The van der Waals surface area contributed by atoms with Crippen LogP contribution < -0.4 is 32.7 Å². The molecule has 390 valence electrons. The van der Waals surface area contributed by atoms with Crippen molar-refractivity contribution in [1.29, 1.82) is 0 Å². The Bertz CT molecular complexity index is 2690. The van der Waals surface area contributed by atoms with Crippen LogP contribution in [-0.4, -0.2) is 119 Å². The van der Waals surface area contributed by atoms with Gasteiger partial charge in [0, 0.05) is 99.0 Å². The first-order valence-corrected chi connectivity index (χ1v) is 26.9. The summed E-state index contributed by atoms with van der Waals surface area (Å²) in [7, 11) is -4.44. The molecule has 3 aliphatic rings. The van der Waals surface area contributed by atoms with Crippen LogP contribution in [0, 0.1) is 12.8 Å². The number of nitrogens with one attached hydrogen (secondary N) is 2. The smallest absolute Gasteiger partial charge is 0.294 e. The summed E-state index contributed by atoms with van der Waals surface area (Å²) in [6, 6.07) is 10.4. The third-order valence-electron chi connectivity index (χ3n) is 13.5. The van der Waals surface area contributed by atoms with E-state index in [1.807, 2.05) is 38.2 Å². The van der Waals surface area contributed by atoms with Crippen LogP contribution in [0.4, 0.5) is 11.4 Å². The number of thioether (sulfide) groups is 1. The summed E-state index contributed by atoms with van der Waals surface area (Å²) in [4.78, 5) is 83.4. The van der Waals surface area contributed by atoms with E-state index >= 15 is 0 Å². The fraction of sp³-hybridized carbons (Fsp3) is 0.500. The molecule has 1 fully saturated rings. The molecule has 3 heterocycles. The standard InChI is InChI=1S/C52H71N9O9S2/c1-8-59-40-22-20-33(2)28-37(40)51(4,5)44(59)17-11-9-12-18-45-52(6,7)38-30-36(72(68,69)70)21-23-41(38)60(45)26-14-10-13-19-46(64)56-25-27-61-47(65)31-43(49(61)67)71-32-35(48(53)66)29-42(63)39(58-34(3)62)16-15-24-57-50(54)55/h9,11-12,17-18,20-23,28,30,35,39,43H,8,10,13-16,19,24-27,29,31-32H2,1-7H3,(H8-,53,54,55,56,57,58,62,64,66,68,69,70)/p+1/t35-,39-,43?/m1/s1. The van der Waals surface area contributed by atoms with Gasteiger partial charge in [-0.05, 0) is 83.2 Å². The van der Waals surface area contributed by atoms with Crippen LogP contribution in [0.25, 0.3) is 0 Å². The number of primary amides is 1. The molecule has 9 N–H and O–H groups in total. The number of imide groups is 1. The highest BCUT2D eigenvalue weighted by molar-refractivity contribution is 8.00. The fourth-order valence-electron chi connectivity index (χ4n) is 9.61. The minimum absolute atomic E-state index is 0.00607. The lowest BCUT2D eigenvalue weighted by Crippen LogP contribution is -2.42. The number of amides is 5. The Morgan fingerprint density at radius 2 is 1.69 bits per heavy atom. The lowest BCUT2D eigenvalue weighted by molar-refractivity contribution is -0.438. The quantitative estimate of drug-likeness (QED) is 0.0143. The molecule has 0 aliphatic carbocycles. The molecular weight excluding hydrogens is 959 g/mol. The lowest BCUT2D eigenvalue weighted by atomic mass is 9.81. The number of rotatable bonds is 26. The number of nitrogens with zero attached hydrogens (tertiary/aromatic N) is 4. The van der Waals surface area contributed by atoms with Gasteiger partial charge in [-0.3, -0.25) is 43.2 Å². The zero-order valence-electron chi connectivity index (χ0n) is 42.5. The predicted molar refractivity (Wildman–Crippen MR) is 282 cm³/mol. The second-order valence-corrected chi connectivity index (χ2v) is 22.2. The molecule has 72 heavy (non-hydrogen) atoms. The molecular formula is C52H72N9O9S2+. The Hall–Kier alpha value is -6.12. The van der Waals surface area contributed by atoms with Gasteiger partial charge in [0.2, 0.25) is 35.2 Å². The molecule has 5 rings (SSSR count). The minimum Gasteiger partial charge on any atom is -0.370 e. The first-order valence-electron chi connectivity index (χ1n) is 24.5. The first-order chi connectivity index (χ1) is 33.9. The molecule has 2 aromatic carbocycles. The first kappa shape index (κ1) is 56.8. The molecule has 3 atom stereocenters. The molecule has 20 heteroatoms. The molecule has 0 radical (unpaired) electrons. The van der Waals surface area contributed by atoms with Crippen molar-refractivity contribution >= 4 is 80.2 Å². The van der Waals surface area contributed by atoms with Crippen molar-refractivity contribution in [2.45, 2.75) is 127 Å². The average molecular weight is 1030 g/mol. The van der Waals surface area contributed by atoms with Gasteiger partial charge in [-0.15, -0.1) is 11.8 Å². The number of fused-ring (bicyclic) bond motifs is 2. The number of ketones is 1. The maximum absolute atomic E-state index is 13.3. The zero-order valence-corrected chi connectivity index (χ0v) is 44.2. The van der Waals surface area contributed by atoms with Crippen molar-refractivity contribution in [2.75, 3.05) is 43.4 Å². The lowest BCUT2D eigenvalue weighted by Gasteiger charge is -2.25. The molecule has 0 bridgehead atoms. The molecule has 18 nitrogen and oxygen atoms in total. The number of aryl methyl sites for hydroxylation is 1. The number of anilines is 1. The van der Waals surface area contributed by atoms with E-state index < -0.39 is 62.2 Å². The van der Waals surface area contributed by atoms with Crippen LogP contribution >= 0.6 is 11.8 Å². The Morgan fingerprint density at radius 1 is 0.958 bits per heavy atom. The molecule has 5 amide bonds. The van der Waals surface area contributed by atoms with Gasteiger partial charge in [0.05, 0.1) is 27.5 Å². The van der Waals surface area contributed by atoms with E-state index in [2.05, 4.69) is 77.1 Å². The Morgan fingerprint density at radius 3 is 2.36 bits per heavy atom. The summed E-state index contributed by atoms with van der Waals surface area (Å²) in [5.74, 6) is -3.73. The molecule has 0 spiro atoms. The number of guanidine groups is 1. The predicted octanol–water partition coefficient (Wildman–Crippen LogP) is 4.59. The molecule has 0 aromatic heterocycles. The minimum atomic E-state index is -4.44. The number of likely N-dealkylation sites (tertiary alicyclic amines) is 1. The number of allylic oxidation sites excluding steroid dienone is 6. The van der Waals surface area contributed by atoms with Crippen LogP contribution in [0.3, 0.4) is 0 Å². The number of hydrogen-bond acceptors (Lipinski definition) is 11. The number of hydrogen-bond donors (Lipinski definition) is 6. The topological polar surface area (TPSA) is 281 Å². The van der Waals surface area contributed by atoms with Crippen molar-refractivity contribution in [3.8, 4) is 0 Å². The van der Waals surface area contributed by atoms with Crippen molar-refractivity contribution < 1.29 is 46.3 Å². The maximum atomic E-state index is 13.3. The van der Waals surface area contributed by atoms with Crippen molar-refractivity contribution in [3.63, 3.8) is 0 Å². The number of likely N-dealkylation sites (N-methyl/N-ethyl adjacent to an activating group) is 1. The second kappa shape index (κ2) is 24.5. The summed E-state index contributed by atoms with van der Waals surface area (Å²) in [6.45, 7) is 15.8. The van der Waals surface area contributed by atoms with Crippen LogP contribution in [0.2, 0.25) is 0 Å². The van der Waals surface area contributed by atoms with Crippen molar-refractivity contribution in [1.82, 2.24) is 15.5 Å². The number of nitrogens with two attached hydrogens (primary N) is 3. The van der Waals surface area contributed by atoms with E-state index in [0.29, 0.717) is 32.2 Å². The highest BCUT2D eigenvalue weighted by Gasteiger charge is 2.45. The second-order valence-electron chi connectivity index (χ2n) is 19.5. The van der Waals surface area contributed by atoms with Gasteiger partial charge in [-0.1, -0.05) is 49.8 Å². The van der Waals surface area contributed by atoms with E-state index in [-0.39, 0.29) is 73.2 Å². The monoisotopic (exact) mass is 1030 g/mol.